The van der Waals surface area contributed by atoms with Crippen LogP contribution in [-0.2, 0) is 19.7 Å². The predicted molar refractivity (Wildman–Crippen MR) is 97.5 cm³/mol. The quantitative estimate of drug-likeness (QED) is 0.748. The molecule has 0 heterocycles. The predicted octanol–water partition coefficient (Wildman–Crippen LogP) is 3.62. The molecule has 6 heteroatoms. The Bertz CT molecular complexity index is 877. The second kappa shape index (κ2) is 7.14. The first-order chi connectivity index (χ1) is 11.9. The number of benzene rings is 2. The van der Waals surface area contributed by atoms with Crippen molar-refractivity contribution in [2.75, 3.05) is 0 Å². The minimum atomic E-state index is -4.05. The molecule has 4 nitrogen and oxygen atoms in total. The SMILES string of the molecule is O=S(=O)(c1ccccc1)C(C1C=CCCC1)S(=O)(=O)c1ccccc1. The molecule has 0 saturated carbocycles. The average molecular weight is 376 g/mol. The summed E-state index contributed by atoms with van der Waals surface area (Å²) < 4.78 is 51.4. The molecule has 1 atom stereocenters. The molecule has 2 aromatic rings. The van der Waals surface area contributed by atoms with E-state index in [1.165, 1.54) is 24.3 Å². The minimum Gasteiger partial charge on any atom is -0.222 e. The highest BCUT2D eigenvalue weighted by Gasteiger charge is 2.44. The van der Waals surface area contributed by atoms with Gasteiger partial charge in [0.25, 0.3) is 0 Å². The Morgan fingerprint density at radius 1 is 0.760 bits per heavy atom. The fourth-order valence-corrected chi connectivity index (χ4v) is 8.17. The van der Waals surface area contributed by atoms with Crippen molar-refractivity contribution < 1.29 is 16.8 Å². The molecule has 2 aromatic carbocycles. The molecule has 1 aliphatic carbocycles. The summed E-state index contributed by atoms with van der Waals surface area (Å²) in [5.74, 6) is -0.552. The van der Waals surface area contributed by atoms with Crippen molar-refractivity contribution in [3.05, 3.63) is 72.8 Å². The fraction of sp³-hybridized carbons (Fsp3) is 0.263. The molecule has 25 heavy (non-hydrogen) atoms. The second-order valence-electron chi connectivity index (χ2n) is 6.11. The Morgan fingerprint density at radius 3 is 1.64 bits per heavy atom. The summed E-state index contributed by atoms with van der Waals surface area (Å²) in [5.41, 5.74) is 0. The number of hydrogen-bond acceptors (Lipinski definition) is 4. The van der Waals surface area contributed by atoms with E-state index in [9.17, 15) is 16.8 Å². The lowest BCUT2D eigenvalue weighted by Gasteiger charge is -2.26. The van der Waals surface area contributed by atoms with Crippen LogP contribution in [0, 0.1) is 5.92 Å². The maximum Gasteiger partial charge on any atom is 0.196 e. The largest absolute Gasteiger partial charge is 0.222 e. The molecule has 0 radical (unpaired) electrons. The number of allylic oxidation sites excluding steroid dienone is 2. The number of rotatable bonds is 5. The lowest BCUT2D eigenvalue weighted by atomic mass is 9.98. The van der Waals surface area contributed by atoms with Gasteiger partial charge in [-0.3, -0.25) is 0 Å². The van der Waals surface area contributed by atoms with Gasteiger partial charge in [-0.15, -0.1) is 0 Å². The highest BCUT2D eigenvalue weighted by atomic mass is 32.3. The molecule has 0 aliphatic heterocycles. The Kier molecular flexibility index (Phi) is 5.11. The van der Waals surface area contributed by atoms with Crippen LogP contribution in [0.2, 0.25) is 0 Å². The fourth-order valence-electron chi connectivity index (χ4n) is 3.18. The summed E-state index contributed by atoms with van der Waals surface area (Å²) in [6, 6.07) is 15.7. The molecule has 1 aliphatic rings. The van der Waals surface area contributed by atoms with E-state index in [1.54, 1.807) is 42.5 Å². The lowest BCUT2D eigenvalue weighted by molar-refractivity contribution is 0.515. The summed E-state index contributed by atoms with van der Waals surface area (Å²) in [5, 5.41) is 0. The van der Waals surface area contributed by atoms with Gasteiger partial charge in [0, 0.05) is 5.92 Å². The van der Waals surface area contributed by atoms with Crippen molar-refractivity contribution in [2.24, 2.45) is 5.92 Å². The van der Waals surface area contributed by atoms with Crippen molar-refractivity contribution in [1.82, 2.24) is 0 Å². The summed E-state index contributed by atoms with van der Waals surface area (Å²) in [6.45, 7) is 0. The highest BCUT2D eigenvalue weighted by molar-refractivity contribution is 8.09. The smallest absolute Gasteiger partial charge is 0.196 e. The third-order valence-corrected chi connectivity index (χ3v) is 9.70. The molecule has 0 bridgehead atoms. The van der Waals surface area contributed by atoms with Crippen molar-refractivity contribution in [2.45, 2.75) is 33.6 Å². The van der Waals surface area contributed by atoms with Gasteiger partial charge in [0.2, 0.25) is 0 Å². The first kappa shape index (κ1) is 17.9. The topological polar surface area (TPSA) is 68.3 Å². The molecular formula is C19H20O4S2. The van der Waals surface area contributed by atoms with Crippen LogP contribution in [0.25, 0.3) is 0 Å². The van der Waals surface area contributed by atoms with Crippen molar-refractivity contribution in [3.8, 4) is 0 Å². The zero-order valence-electron chi connectivity index (χ0n) is 13.7. The van der Waals surface area contributed by atoms with E-state index < -0.39 is 30.2 Å². The van der Waals surface area contributed by atoms with Crippen LogP contribution in [0.1, 0.15) is 19.3 Å². The van der Waals surface area contributed by atoms with Gasteiger partial charge >= 0.3 is 0 Å². The molecule has 0 amide bonds. The van der Waals surface area contributed by atoms with Gasteiger partial charge < -0.3 is 0 Å². The van der Waals surface area contributed by atoms with E-state index in [0.717, 1.165) is 12.8 Å². The first-order valence-corrected chi connectivity index (χ1v) is 11.3. The minimum absolute atomic E-state index is 0.0403. The van der Waals surface area contributed by atoms with E-state index in [1.807, 2.05) is 6.08 Å². The molecule has 0 spiro atoms. The van der Waals surface area contributed by atoms with Crippen LogP contribution in [0.3, 0.4) is 0 Å². The van der Waals surface area contributed by atoms with Crippen LogP contribution < -0.4 is 0 Å². The Morgan fingerprint density at radius 2 is 1.24 bits per heavy atom. The second-order valence-corrected chi connectivity index (χ2v) is 10.5. The summed E-state index contributed by atoms with van der Waals surface area (Å²) in [7, 11) is -8.09. The van der Waals surface area contributed by atoms with E-state index in [-0.39, 0.29) is 9.79 Å². The average Bonchev–Trinajstić information content (AvgIpc) is 2.64. The maximum atomic E-state index is 13.2. The van der Waals surface area contributed by atoms with Gasteiger partial charge in [0.15, 0.2) is 24.3 Å². The van der Waals surface area contributed by atoms with Gasteiger partial charge in [-0.25, -0.2) is 16.8 Å². The third kappa shape index (κ3) is 3.55. The molecule has 1 unspecified atom stereocenters. The maximum absolute atomic E-state index is 13.2. The summed E-state index contributed by atoms with van der Waals surface area (Å²) >= 11 is 0. The Labute approximate surface area is 149 Å². The first-order valence-electron chi connectivity index (χ1n) is 8.18. The molecule has 0 aromatic heterocycles. The number of hydrogen-bond donors (Lipinski definition) is 0. The van der Waals surface area contributed by atoms with E-state index in [2.05, 4.69) is 0 Å². The molecule has 3 rings (SSSR count). The standard InChI is InChI=1S/C19H20O4S2/c20-24(21,17-12-6-2-7-13-17)19(16-10-4-1-5-11-16)25(22,23)18-14-8-3-9-15-18/h2-4,6-10,12-16,19H,1,5,11H2. The van der Waals surface area contributed by atoms with Gasteiger partial charge in [0.1, 0.15) is 0 Å². The molecule has 0 N–H and O–H groups in total. The normalized spacial score (nSPS) is 18.4. The van der Waals surface area contributed by atoms with Crippen LogP contribution in [-0.4, -0.2) is 21.4 Å². The third-order valence-electron chi connectivity index (χ3n) is 4.40. The van der Waals surface area contributed by atoms with Gasteiger partial charge in [-0.1, -0.05) is 48.6 Å². The summed E-state index contributed by atoms with van der Waals surface area (Å²) in [6.07, 6.45) is 5.79. The lowest BCUT2D eigenvalue weighted by Crippen LogP contribution is -2.37. The molecule has 0 fully saturated rings. The van der Waals surface area contributed by atoms with E-state index in [0.29, 0.717) is 6.42 Å². The highest BCUT2D eigenvalue weighted by Crippen LogP contribution is 2.35. The summed E-state index contributed by atoms with van der Waals surface area (Å²) in [4.78, 5) is 0.0805. The number of sulfone groups is 2. The zero-order valence-corrected chi connectivity index (χ0v) is 15.3. The van der Waals surface area contributed by atoms with Crippen molar-refractivity contribution in [3.63, 3.8) is 0 Å². The van der Waals surface area contributed by atoms with Crippen molar-refractivity contribution in [1.29, 1.82) is 0 Å². The van der Waals surface area contributed by atoms with Gasteiger partial charge in [0.05, 0.1) is 9.79 Å². The van der Waals surface area contributed by atoms with Gasteiger partial charge in [-0.05, 0) is 43.5 Å². The van der Waals surface area contributed by atoms with E-state index >= 15 is 0 Å². The monoisotopic (exact) mass is 376 g/mol. The molecule has 0 saturated heterocycles. The molecular weight excluding hydrogens is 356 g/mol. The Balaban J connectivity index is 2.17. The van der Waals surface area contributed by atoms with Gasteiger partial charge in [-0.2, -0.15) is 0 Å². The van der Waals surface area contributed by atoms with E-state index in [4.69, 9.17) is 0 Å². The molecule has 132 valence electrons. The van der Waals surface area contributed by atoms with Crippen LogP contribution >= 0.6 is 0 Å². The zero-order chi connectivity index (χ0) is 17.9. The Hall–Kier alpha value is -1.92. The van der Waals surface area contributed by atoms with Crippen molar-refractivity contribution >= 4 is 19.7 Å². The van der Waals surface area contributed by atoms with Crippen LogP contribution in [0.15, 0.2) is 82.6 Å². The van der Waals surface area contributed by atoms with Crippen LogP contribution in [0.5, 0.6) is 0 Å². The van der Waals surface area contributed by atoms with Crippen LogP contribution in [0.4, 0.5) is 0 Å².